The molecule has 0 fully saturated rings. The van der Waals surface area contributed by atoms with Crippen LogP contribution in [0.2, 0.25) is 0 Å². The highest BCUT2D eigenvalue weighted by molar-refractivity contribution is 5.95. The van der Waals surface area contributed by atoms with Gasteiger partial charge >= 0.3 is 12.3 Å². The van der Waals surface area contributed by atoms with Gasteiger partial charge in [-0.05, 0) is 42.8 Å². The highest BCUT2D eigenvalue weighted by Gasteiger charge is 2.59. The predicted molar refractivity (Wildman–Crippen MR) is 81.5 cm³/mol. The molecule has 0 aliphatic heterocycles. The number of nitrogens with one attached hydrogen (secondary N) is 1. The second-order valence-electron chi connectivity index (χ2n) is 5.23. The van der Waals surface area contributed by atoms with Crippen LogP contribution in [0.25, 0.3) is 0 Å². The number of alkyl halides is 6. The van der Waals surface area contributed by atoms with Crippen LogP contribution in [0.3, 0.4) is 0 Å². The molecule has 27 heavy (non-hydrogen) atoms. The van der Waals surface area contributed by atoms with Gasteiger partial charge in [-0.2, -0.15) is 27.1 Å². The lowest BCUT2D eigenvalue weighted by atomic mass is 10.2. The molecule has 0 spiro atoms. The van der Waals surface area contributed by atoms with Crippen molar-refractivity contribution in [3.05, 3.63) is 53.5 Å². The Labute approximate surface area is 148 Å². The fourth-order valence-corrected chi connectivity index (χ4v) is 1.87. The van der Waals surface area contributed by atoms with Gasteiger partial charge in [0, 0.05) is 0 Å². The molecule has 0 unspecified atom stereocenters. The minimum absolute atomic E-state index is 0.267. The average molecular weight is 394 g/mol. The first-order chi connectivity index (χ1) is 12.5. The molecule has 0 radical (unpaired) electrons. The third-order valence-corrected chi connectivity index (χ3v) is 3.20. The van der Waals surface area contributed by atoms with Crippen LogP contribution < -0.4 is 10.2 Å². The summed E-state index contributed by atoms with van der Waals surface area (Å²) < 4.78 is 84.0. The molecule has 1 amide bonds. The summed E-state index contributed by atoms with van der Waals surface area (Å²) in [7, 11) is 0. The standard InChI is InChI=1S/C16H12F6N2O3/c1-9-12(6-7-26-9)13(25)24-23-8-10-2-4-11(5-3-10)27-16(21,22)14(17)15(18,19)20/h2-8,14H,1H3,(H,24,25)/b23-8-/t14-/m0/s1. The molecule has 0 aliphatic carbocycles. The van der Waals surface area contributed by atoms with Crippen molar-refractivity contribution < 1.29 is 40.3 Å². The Hall–Kier alpha value is -2.98. The van der Waals surface area contributed by atoms with Gasteiger partial charge in [0.2, 0.25) is 0 Å². The van der Waals surface area contributed by atoms with Crippen molar-refractivity contribution in [1.82, 2.24) is 5.43 Å². The number of ether oxygens (including phenoxy) is 1. The molecule has 0 saturated carbocycles. The highest BCUT2D eigenvalue weighted by Crippen LogP contribution is 2.36. The van der Waals surface area contributed by atoms with Crippen LogP contribution in [0.1, 0.15) is 21.7 Å². The summed E-state index contributed by atoms with van der Waals surface area (Å²) in [6.45, 7) is 1.58. The Kier molecular flexibility index (Phi) is 5.82. The number of halogens is 6. The van der Waals surface area contributed by atoms with Crippen molar-refractivity contribution in [2.75, 3.05) is 0 Å². The molecule has 0 saturated heterocycles. The molecule has 1 aromatic carbocycles. The summed E-state index contributed by atoms with van der Waals surface area (Å²) in [5.74, 6) is -0.838. The Bertz CT molecular complexity index is 814. The van der Waals surface area contributed by atoms with E-state index in [2.05, 4.69) is 15.3 Å². The van der Waals surface area contributed by atoms with Gasteiger partial charge in [0.15, 0.2) is 0 Å². The van der Waals surface area contributed by atoms with E-state index in [4.69, 9.17) is 4.42 Å². The van der Waals surface area contributed by atoms with E-state index in [0.717, 1.165) is 18.3 Å². The number of carbonyl (C=O) groups excluding carboxylic acids is 1. The molecule has 11 heteroatoms. The zero-order valence-corrected chi connectivity index (χ0v) is 13.6. The summed E-state index contributed by atoms with van der Waals surface area (Å²) >= 11 is 0. The van der Waals surface area contributed by atoms with Gasteiger partial charge in [0.25, 0.3) is 12.1 Å². The van der Waals surface area contributed by atoms with Gasteiger partial charge in [-0.3, -0.25) is 4.79 Å². The van der Waals surface area contributed by atoms with E-state index in [1.807, 2.05) is 0 Å². The molecule has 2 aromatic rings. The minimum Gasteiger partial charge on any atom is -0.469 e. The van der Waals surface area contributed by atoms with Crippen LogP contribution in [-0.2, 0) is 0 Å². The number of benzene rings is 1. The number of amides is 1. The van der Waals surface area contributed by atoms with E-state index in [1.165, 1.54) is 24.5 Å². The van der Waals surface area contributed by atoms with Crippen LogP contribution >= 0.6 is 0 Å². The zero-order chi connectivity index (χ0) is 20.2. The molecule has 1 aromatic heterocycles. The van der Waals surface area contributed by atoms with Gasteiger partial charge in [0.05, 0.1) is 18.0 Å². The number of aryl methyl sites for hydroxylation is 1. The molecule has 5 nitrogen and oxygen atoms in total. The zero-order valence-electron chi connectivity index (χ0n) is 13.6. The molecule has 146 valence electrons. The van der Waals surface area contributed by atoms with Crippen molar-refractivity contribution in [2.24, 2.45) is 5.10 Å². The van der Waals surface area contributed by atoms with Crippen molar-refractivity contribution in [1.29, 1.82) is 0 Å². The number of carbonyl (C=O) groups is 1. The van der Waals surface area contributed by atoms with E-state index in [9.17, 15) is 31.1 Å². The fourth-order valence-electron chi connectivity index (χ4n) is 1.87. The first-order valence-electron chi connectivity index (χ1n) is 7.26. The van der Waals surface area contributed by atoms with Gasteiger partial charge < -0.3 is 9.15 Å². The molecule has 0 aliphatic rings. The molecule has 1 heterocycles. The lowest BCUT2D eigenvalue weighted by Gasteiger charge is -2.23. The van der Waals surface area contributed by atoms with Crippen molar-refractivity contribution in [2.45, 2.75) is 25.4 Å². The van der Waals surface area contributed by atoms with Crippen molar-refractivity contribution in [3.8, 4) is 5.75 Å². The van der Waals surface area contributed by atoms with E-state index < -0.39 is 30.1 Å². The van der Waals surface area contributed by atoms with Crippen LogP contribution in [0, 0.1) is 6.92 Å². The summed E-state index contributed by atoms with van der Waals surface area (Å²) in [6.07, 6.45) is -12.8. The fraction of sp³-hybridized carbons (Fsp3) is 0.250. The lowest BCUT2D eigenvalue weighted by molar-refractivity contribution is -0.304. The minimum atomic E-state index is -5.76. The summed E-state index contributed by atoms with van der Waals surface area (Å²) in [4.78, 5) is 11.8. The first-order valence-corrected chi connectivity index (χ1v) is 7.26. The van der Waals surface area contributed by atoms with E-state index in [-0.39, 0.29) is 5.56 Å². The number of hydrazone groups is 1. The lowest BCUT2D eigenvalue weighted by Crippen LogP contribution is -2.45. The topological polar surface area (TPSA) is 63.8 Å². The Morgan fingerprint density at radius 2 is 1.81 bits per heavy atom. The molecular formula is C16H12F6N2O3. The average Bonchev–Trinajstić information content (AvgIpc) is 3.00. The van der Waals surface area contributed by atoms with Crippen LogP contribution in [0.15, 0.2) is 46.1 Å². The Balaban J connectivity index is 1.97. The monoisotopic (exact) mass is 394 g/mol. The second-order valence-corrected chi connectivity index (χ2v) is 5.23. The summed E-state index contributed by atoms with van der Waals surface area (Å²) in [6, 6.07) is 5.59. The normalized spacial score (nSPS) is 13.6. The van der Waals surface area contributed by atoms with Crippen molar-refractivity contribution >= 4 is 12.1 Å². The molecule has 0 bridgehead atoms. The quantitative estimate of drug-likeness (QED) is 0.453. The van der Waals surface area contributed by atoms with E-state index in [1.54, 1.807) is 6.92 Å². The second kappa shape index (κ2) is 7.72. The first kappa shape index (κ1) is 20.3. The summed E-state index contributed by atoms with van der Waals surface area (Å²) in [5, 5.41) is 3.64. The highest BCUT2D eigenvalue weighted by atomic mass is 19.4. The van der Waals surface area contributed by atoms with Crippen LogP contribution in [0.4, 0.5) is 26.3 Å². The maximum Gasteiger partial charge on any atom is 0.439 e. The van der Waals surface area contributed by atoms with E-state index in [0.29, 0.717) is 11.3 Å². The third-order valence-electron chi connectivity index (χ3n) is 3.20. The molecular weight excluding hydrogens is 382 g/mol. The number of hydrogen-bond donors (Lipinski definition) is 1. The van der Waals surface area contributed by atoms with Gasteiger partial charge in [-0.1, -0.05) is 0 Å². The number of hydrogen-bond acceptors (Lipinski definition) is 4. The molecule has 1 atom stereocenters. The van der Waals surface area contributed by atoms with Gasteiger partial charge in [-0.25, -0.2) is 9.82 Å². The van der Waals surface area contributed by atoms with Gasteiger partial charge in [0.1, 0.15) is 11.5 Å². The Morgan fingerprint density at radius 1 is 1.19 bits per heavy atom. The van der Waals surface area contributed by atoms with E-state index >= 15 is 0 Å². The predicted octanol–water partition coefficient (Wildman–Crippen LogP) is 4.22. The summed E-state index contributed by atoms with van der Waals surface area (Å²) in [5.41, 5.74) is 2.78. The van der Waals surface area contributed by atoms with Crippen molar-refractivity contribution in [3.63, 3.8) is 0 Å². The Morgan fingerprint density at radius 3 is 2.33 bits per heavy atom. The maximum absolute atomic E-state index is 13.2. The largest absolute Gasteiger partial charge is 0.469 e. The molecule has 2 rings (SSSR count). The molecule has 1 N–H and O–H groups in total. The van der Waals surface area contributed by atoms with Gasteiger partial charge in [-0.15, -0.1) is 0 Å². The smallest absolute Gasteiger partial charge is 0.439 e. The maximum atomic E-state index is 13.2. The SMILES string of the molecule is Cc1occc1C(=O)N/N=C\c1ccc(OC(F)(F)[C@@H](F)C(F)(F)F)cc1. The number of furan rings is 1. The van der Waals surface area contributed by atoms with Crippen LogP contribution in [-0.4, -0.2) is 30.6 Å². The third kappa shape index (κ3) is 5.25. The van der Waals surface area contributed by atoms with Crippen LogP contribution in [0.5, 0.6) is 5.75 Å². The number of nitrogens with zero attached hydrogens (tertiary/aromatic N) is 1. The number of rotatable bonds is 6.